The van der Waals surface area contributed by atoms with Gasteiger partial charge in [-0.15, -0.1) is 0 Å². The predicted molar refractivity (Wildman–Crippen MR) is 69.2 cm³/mol. The lowest BCUT2D eigenvalue weighted by Crippen LogP contribution is -2.38. The van der Waals surface area contributed by atoms with E-state index in [9.17, 15) is 9.90 Å². The third-order valence-electron chi connectivity index (χ3n) is 2.29. The zero-order valence-corrected chi connectivity index (χ0v) is 10.8. The Bertz CT molecular complexity index is 399. The molecule has 6 heteroatoms. The topological polar surface area (TPSA) is 70.0 Å². The summed E-state index contributed by atoms with van der Waals surface area (Å²) < 4.78 is 4.82. The predicted octanol–water partition coefficient (Wildman–Crippen LogP) is 1.24. The first kappa shape index (κ1) is 14.8. The second-order valence-corrected chi connectivity index (χ2v) is 4.30. The molecule has 0 aliphatic rings. The number of carboxylic acid groups (broad SMARTS) is 1. The van der Waals surface area contributed by atoms with E-state index in [0.29, 0.717) is 10.7 Å². The number of carboxylic acids is 1. The fraction of sp³-hybridized carbons (Fsp3) is 0.417. The standard InChI is InChI=1S/C12H16ClNO4/c1-18-8-11(15)6-14(7-12(16)17)10-4-2-3-9(13)5-10/h2-5,11,15H,6-8H2,1H3,(H,16,17). The van der Waals surface area contributed by atoms with Crippen LogP contribution in [0.15, 0.2) is 24.3 Å². The molecule has 0 radical (unpaired) electrons. The van der Waals surface area contributed by atoms with Gasteiger partial charge in [0.15, 0.2) is 0 Å². The van der Waals surface area contributed by atoms with E-state index in [2.05, 4.69) is 0 Å². The van der Waals surface area contributed by atoms with Crippen LogP contribution in [0.4, 0.5) is 5.69 Å². The van der Waals surface area contributed by atoms with Crippen molar-refractivity contribution in [3.8, 4) is 0 Å². The average molecular weight is 274 g/mol. The van der Waals surface area contributed by atoms with Gasteiger partial charge < -0.3 is 19.8 Å². The summed E-state index contributed by atoms with van der Waals surface area (Å²) in [6, 6.07) is 6.84. The van der Waals surface area contributed by atoms with Gasteiger partial charge in [-0.05, 0) is 18.2 Å². The van der Waals surface area contributed by atoms with Crippen LogP contribution in [0.25, 0.3) is 0 Å². The molecule has 1 aromatic rings. The molecule has 0 amide bonds. The molecule has 0 fully saturated rings. The Kier molecular flexibility index (Phi) is 5.91. The van der Waals surface area contributed by atoms with Crippen molar-refractivity contribution in [1.82, 2.24) is 0 Å². The number of nitrogens with zero attached hydrogens (tertiary/aromatic N) is 1. The summed E-state index contributed by atoms with van der Waals surface area (Å²) in [7, 11) is 1.48. The fourth-order valence-electron chi connectivity index (χ4n) is 1.60. The Morgan fingerprint density at radius 2 is 2.28 bits per heavy atom. The van der Waals surface area contributed by atoms with Crippen molar-refractivity contribution in [1.29, 1.82) is 0 Å². The summed E-state index contributed by atoms with van der Waals surface area (Å²) in [4.78, 5) is 12.4. The fourth-order valence-corrected chi connectivity index (χ4v) is 1.78. The van der Waals surface area contributed by atoms with Gasteiger partial charge in [0.25, 0.3) is 0 Å². The van der Waals surface area contributed by atoms with E-state index < -0.39 is 12.1 Å². The van der Waals surface area contributed by atoms with Crippen molar-refractivity contribution in [3.05, 3.63) is 29.3 Å². The largest absolute Gasteiger partial charge is 0.480 e. The maximum Gasteiger partial charge on any atom is 0.323 e. The van der Waals surface area contributed by atoms with E-state index >= 15 is 0 Å². The summed E-state index contributed by atoms with van der Waals surface area (Å²) in [6.45, 7) is 0.109. The lowest BCUT2D eigenvalue weighted by molar-refractivity contribution is -0.135. The second-order valence-electron chi connectivity index (χ2n) is 3.86. The number of ether oxygens (including phenoxy) is 1. The Balaban J connectivity index is 2.80. The van der Waals surface area contributed by atoms with Crippen LogP contribution in [0.5, 0.6) is 0 Å². The highest BCUT2D eigenvalue weighted by atomic mass is 35.5. The van der Waals surface area contributed by atoms with Crippen molar-refractivity contribution in [2.75, 3.05) is 31.7 Å². The first-order valence-electron chi connectivity index (χ1n) is 5.42. The molecule has 5 nitrogen and oxygen atoms in total. The van der Waals surface area contributed by atoms with E-state index in [1.54, 1.807) is 24.3 Å². The van der Waals surface area contributed by atoms with Gasteiger partial charge in [-0.25, -0.2) is 0 Å². The number of rotatable bonds is 7. The highest BCUT2D eigenvalue weighted by Crippen LogP contribution is 2.19. The molecular formula is C12H16ClNO4. The number of hydrogen-bond acceptors (Lipinski definition) is 4. The molecule has 100 valence electrons. The smallest absolute Gasteiger partial charge is 0.323 e. The number of carbonyl (C=O) groups is 1. The summed E-state index contributed by atoms with van der Waals surface area (Å²) in [6.07, 6.45) is -0.756. The minimum atomic E-state index is -0.973. The summed E-state index contributed by atoms with van der Waals surface area (Å²) in [5.74, 6) is -0.973. The van der Waals surface area contributed by atoms with Gasteiger partial charge in [0.2, 0.25) is 0 Å². The highest BCUT2D eigenvalue weighted by Gasteiger charge is 2.15. The van der Waals surface area contributed by atoms with Gasteiger partial charge in [0.1, 0.15) is 6.54 Å². The molecule has 1 rings (SSSR count). The molecule has 0 saturated heterocycles. The van der Waals surface area contributed by atoms with Crippen LogP contribution in [0, 0.1) is 0 Å². The average Bonchev–Trinajstić information content (AvgIpc) is 2.28. The normalized spacial score (nSPS) is 12.2. The van der Waals surface area contributed by atoms with Crippen LogP contribution in [0.3, 0.4) is 0 Å². The van der Waals surface area contributed by atoms with Gasteiger partial charge in [0.05, 0.1) is 12.7 Å². The van der Waals surface area contributed by atoms with Crippen LogP contribution < -0.4 is 4.90 Å². The molecule has 1 aromatic carbocycles. The number of aliphatic hydroxyl groups is 1. The minimum Gasteiger partial charge on any atom is -0.480 e. The number of aliphatic carboxylic acids is 1. The maximum atomic E-state index is 10.8. The maximum absolute atomic E-state index is 10.8. The number of methoxy groups -OCH3 is 1. The Labute approximate surface area is 111 Å². The first-order valence-corrected chi connectivity index (χ1v) is 5.80. The van der Waals surface area contributed by atoms with Crippen LogP contribution in [0.1, 0.15) is 0 Å². The first-order chi connectivity index (χ1) is 8.52. The van der Waals surface area contributed by atoms with Crippen molar-refractivity contribution in [2.24, 2.45) is 0 Å². The highest BCUT2D eigenvalue weighted by molar-refractivity contribution is 6.30. The van der Waals surface area contributed by atoms with Gasteiger partial charge in [-0.1, -0.05) is 17.7 Å². The van der Waals surface area contributed by atoms with Crippen molar-refractivity contribution < 1.29 is 19.7 Å². The Morgan fingerprint density at radius 1 is 1.56 bits per heavy atom. The van der Waals surface area contributed by atoms with E-state index in [1.165, 1.54) is 12.0 Å². The van der Waals surface area contributed by atoms with Crippen LogP contribution in [0.2, 0.25) is 5.02 Å². The van der Waals surface area contributed by atoms with Gasteiger partial charge in [0, 0.05) is 24.4 Å². The molecule has 0 saturated carbocycles. The van der Waals surface area contributed by atoms with E-state index in [4.69, 9.17) is 21.4 Å². The lowest BCUT2D eigenvalue weighted by atomic mass is 10.2. The number of hydrogen-bond donors (Lipinski definition) is 2. The second kappa shape index (κ2) is 7.20. The molecule has 0 bridgehead atoms. The third-order valence-corrected chi connectivity index (χ3v) is 2.52. The summed E-state index contributed by atoms with van der Waals surface area (Å²) in [5, 5.41) is 19.1. The van der Waals surface area contributed by atoms with Crippen molar-refractivity contribution in [3.63, 3.8) is 0 Å². The molecule has 1 atom stereocenters. The zero-order valence-electron chi connectivity index (χ0n) is 10.0. The molecule has 0 spiro atoms. The summed E-state index contributed by atoms with van der Waals surface area (Å²) >= 11 is 5.86. The van der Waals surface area contributed by atoms with E-state index in [0.717, 1.165) is 0 Å². The summed E-state index contributed by atoms with van der Waals surface area (Å²) in [5.41, 5.74) is 0.653. The van der Waals surface area contributed by atoms with E-state index in [-0.39, 0.29) is 19.7 Å². The lowest BCUT2D eigenvalue weighted by Gasteiger charge is -2.25. The van der Waals surface area contributed by atoms with Crippen LogP contribution in [-0.4, -0.2) is 49.1 Å². The zero-order chi connectivity index (χ0) is 13.5. The molecule has 0 aliphatic carbocycles. The molecule has 0 heterocycles. The van der Waals surface area contributed by atoms with Crippen molar-refractivity contribution in [2.45, 2.75) is 6.10 Å². The van der Waals surface area contributed by atoms with E-state index in [1.807, 2.05) is 0 Å². The number of anilines is 1. The van der Waals surface area contributed by atoms with Crippen LogP contribution >= 0.6 is 11.6 Å². The Hall–Kier alpha value is -1.30. The number of benzene rings is 1. The quantitative estimate of drug-likeness (QED) is 0.782. The van der Waals surface area contributed by atoms with Gasteiger partial charge >= 0.3 is 5.97 Å². The molecule has 0 aliphatic heterocycles. The SMILES string of the molecule is COCC(O)CN(CC(=O)O)c1cccc(Cl)c1. The molecular weight excluding hydrogens is 258 g/mol. The molecule has 2 N–H and O–H groups in total. The van der Waals surface area contributed by atoms with Gasteiger partial charge in [-0.2, -0.15) is 0 Å². The molecule has 18 heavy (non-hydrogen) atoms. The van der Waals surface area contributed by atoms with Crippen LogP contribution in [-0.2, 0) is 9.53 Å². The number of aliphatic hydroxyl groups excluding tert-OH is 1. The molecule has 0 aromatic heterocycles. The minimum absolute atomic E-state index is 0.149. The number of halogens is 1. The third kappa shape index (κ3) is 4.91. The van der Waals surface area contributed by atoms with Gasteiger partial charge in [-0.3, -0.25) is 4.79 Å². The Morgan fingerprint density at radius 3 is 2.83 bits per heavy atom. The van der Waals surface area contributed by atoms with Crippen molar-refractivity contribution >= 4 is 23.3 Å². The monoisotopic (exact) mass is 273 g/mol. The molecule has 1 unspecified atom stereocenters.